The fourth-order valence-corrected chi connectivity index (χ4v) is 4.56. The largest absolute Gasteiger partial charge is 0.354 e. The van der Waals surface area contributed by atoms with Gasteiger partial charge in [-0.25, -0.2) is 0 Å². The van der Waals surface area contributed by atoms with Crippen molar-refractivity contribution in [1.29, 1.82) is 5.26 Å². The molecular formula is C23H23N3O2S. The summed E-state index contributed by atoms with van der Waals surface area (Å²) in [6, 6.07) is 17.6. The lowest BCUT2D eigenvalue weighted by molar-refractivity contribution is -0.117. The number of carbonyl (C=O) groups is 2. The summed E-state index contributed by atoms with van der Waals surface area (Å²) in [5.41, 5.74) is 3.97. The molecule has 1 aliphatic rings. The topological polar surface area (TPSA) is 73.2 Å². The number of anilines is 1. The second-order valence-electron chi connectivity index (χ2n) is 6.80. The van der Waals surface area contributed by atoms with Crippen LogP contribution in [0.4, 0.5) is 5.69 Å². The van der Waals surface area contributed by atoms with Gasteiger partial charge in [-0.1, -0.05) is 55.1 Å². The molecule has 0 bridgehead atoms. The van der Waals surface area contributed by atoms with E-state index < -0.39 is 11.2 Å². The van der Waals surface area contributed by atoms with Crippen LogP contribution in [-0.4, -0.2) is 24.1 Å². The molecule has 1 heterocycles. The summed E-state index contributed by atoms with van der Waals surface area (Å²) in [5, 5.41) is 12.1. The Hall–Kier alpha value is -3.04. The number of benzene rings is 2. The molecule has 1 aliphatic heterocycles. The molecule has 1 atom stereocenters. The van der Waals surface area contributed by atoms with Crippen molar-refractivity contribution in [3.8, 4) is 6.07 Å². The first-order chi connectivity index (χ1) is 14.0. The Morgan fingerprint density at radius 3 is 2.48 bits per heavy atom. The van der Waals surface area contributed by atoms with Gasteiger partial charge in [-0.2, -0.15) is 5.26 Å². The average Bonchev–Trinajstić information content (AvgIpc) is 3.06. The molecule has 29 heavy (non-hydrogen) atoms. The molecule has 0 aromatic heterocycles. The predicted octanol–water partition coefficient (Wildman–Crippen LogP) is 3.73. The molecule has 0 spiro atoms. The van der Waals surface area contributed by atoms with Crippen LogP contribution < -0.4 is 10.2 Å². The number of amides is 2. The number of thioether (sulfide) groups is 1. The Balaban J connectivity index is 2.05. The number of rotatable bonds is 5. The van der Waals surface area contributed by atoms with Crippen molar-refractivity contribution in [2.75, 3.05) is 11.9 Å². The van der Waals surface area contributed by atoms with Gasteiger partial charge in [-0.15, -0.1) is 0 Å². The smallest absolute Gasteiger partial charge is 0.264 e. The minimum absolute atomic E-state index is 0.0438. The highest BCUT2D eigenvalue weighted by Crippen LogP contribution is 2.42. The Labute approximate surface area is 175 Å². The first-order valence-electron chi connectivity index (χ1n) is 9.50. The normalized spacial score (nSPS) is 17.8. The van der Waals surface area contributed by atoms with E-state index in [1.165, 1.54) is 23.7 Å². The van der Waals surface area contributed by atoms with E-state index in [1.54, 1.807) is 0 Å². The molecule has 148 valence electrons. The summed E-state index contributed by atoms with van der Waals surface area (Å²) in [6.07, 6.45) is 1.43. The number of hydrogen-bond donors (Lipinski definition) is 1. The highest BCUT2D eigenvalue weighted by molar-refractivity contribution is 8.05. The zero-order valence-electron chi connectivity index (χ0n) is 16.7. The summed E-state index contributed by atoms with van der Waals surface area (Å²) in [7, 11) is 1.48. The Morgan fingerprint density at radius 2 is 1.90 bits per heavy atom. The van der Waals surface area contributed by atoms with Crippen molar-refractivity contribution in [3.05, 3.63) is 75.8 Å². The molecule has 2 aromatic rings. The monoisotopic (exact) mass is 405 g/mol. The van der Waals surface area contributed by atoms with Gasteiger partial charge < -0.3 is 5.32 Å². The molecule has 2 aromatic carbocycles. The van der Waals surface area contributed by atoms with Crippen LogP contribution in [0.2, 0.25) is 0 Å². The third kappa shape index (κ3) is 4.20. The third-order valence-corrected chi connectivity index (χ3v) is 6.26. The standard InChI is InChI=1S/C23H23N3O2S/c1-4-16-9-11-18(12-10-16)26-22(28)20(13-17-8-6-5-7-15(17)2)29-23(26)19(14-24)21(27)25-3/h5-12,20H,4,13H2,1-3H3,(H,25,27)/b23-19-. The van der Waals surface area contributed by atoms with E-state index in [0.717, 1.165) is 23.1 Å². The predicted molar refractivity (Wildman–Crippen MR) is 116 cm³/mol. The van der Waals surface area contributed by atoms with Crippen LogP contribution in [0.25, 0.3) is 0 Å². The number of carbonyl (C=O) groups excluding carboxylic acids is 2. The molecule has 3 rings (SSSR count). The Morgan fingerprint density at radius 1 is 1.21 bits per heavy atom. The van der Waals surface area contributed by atoms with E-state index in [-0.39, 0.29) is 11.5 Å². The number of nitrogens with zero attached hydrogens (tertiary/aromatic N) is 2. The molecule has 2 amide bonds. The maximum atomic E-state index is 13.3. The molecule has 1 saturated heterocycles. The van der Waals surface area contributed by atoms with Crippen LogP contribution in [0.3, 0.4) is 0 Å². The second kappa shape index (κ2) is 8.97. The molecule has 0 saturated carbocycles. The number of nitrogens with one attached hydrogen (secondary N) is 1. The highest BCUT2D eigenvalue weighted by Gasteiger charge is 2.40. The zero-order chi connectivity index (χ0) is 21.0. The lowest BCUT2D eigenvalue weighted by atomic mass is 10.0. The van der Waals surface area contributed by atoms with Gasteiger partial charge in [0.25, 0.3) is 5.91 Å². The summed E-state index contributed by atoms with van der Waals surface area (Å²) >= 11 is 1.28. The molecule has 1 fully saturated rings. The van der Waals surface area contributed by atoms with Gasteiger partial charge in [0.1, 0.15) is 16.7 Å². The maximum Gasteiger partial charge on any atom is 0.264 e. The van der Waals surface area contributed by atoms with Crippen molar-refractivity contribution >= 4 is 29.3 Å². The van der Waals surface area contributed by atoms with Gasteiger partial charge >= 0.3 is 0 Å². The molecular weight excluding hydrogens is 382 g/mol. The molecule has 6 heteroatoms. The summed E-state index contributed by atoms with van der Waals surface area (Å²) < 4.78 is 0. The summed E-state index contributed by atoms with van der Waals surface area (Å²) in [6.45, 7) is 4.08. The van der Waals surface area contributed by atoms with Crippen LogP contribution >= 0.6 is 11.8 Å². The number of hydrogen-bond acceptors (Lipinski definition) is 4. The van der Waals surface area contributed by atoms with Crippen LogP contribution in [0.5, 0.6) is 0 Å². The van der Waals surface area contributed by atoms with E-state index in [0.29, 0.717) is 17.1 Å². The second-order valence-corrected chi connectivity index (χ2v) is 7.99. The molecule has 1 N–H and O–H groups in total. The SMILES string of the molecule is CCc1ccc(N2C(=O)C(Cc3ccccc3C)S/C2=C(/C#N)C(=O)NC)cc1. The van der Waals surface area contributed by atoms with Crippen molar-refractivity contribution < 1.29 is 9.59 Å². The summed E-state index contributed by atoms with van der Waals surface area (Å²) in [4.78, 5) is 27.2. The zero-order valence-corrected chi connectivity index (χ0v) is 17.5. The number of likely N-dealkylation sites (N-methyl/N-ethyl adjacent to an activating group) is 1. The Kier molecular flexibility index (Phi) is 6.40. The van der Waals surface area contributed by atoms with E-state index in [1.807, 2.05) is 61.5 Å². The highest BCUT2D eigenvalue weighted by atomic mass is 32.2. The molecule has 0 radical (unpaired) electrons. The van der Waals surface area contributed by atoms with Gasteiger partial charge in [0.05, 0.1) is 5.25 Å². The molecule has 0 aliphatic carbocycles. The first-order valence-corrected chi connectivity index (χ1v) is 10.4. The fraction of sp³-hybridized carbons (Fsp3) is 0.261. The quantitative estimate of drug-likeness (QED) is 0.608. The van der Waals surface area contributed by atoms with Crippen LogP contribution in [0.15, 0.2) is 59.1 Å². The summed E-state index contributed by atoms with van der Waals surface area (Å²) in [5.74, 6) is -0.608. The van der Waals surface area contributed by atoms with Gasteiger partial charge in [0.2, 0.25) is 5.91 Å². The van der Waals surface area contributed by atoms with Gasteiger partial charge in [0, 0.05) is 12.7 Å². The van der Waals surface area contributed by atoms with E-state index in [9.17, 15) is 14.9 Å². The molecule has 5 nitrogen and oxygen atoms in total. The maximum absolute atomic E-state index is 13.3. The van der Waals surface area contributed by atoms with Crippen LogP contribution in [0, 0.1) is 18.3 Å². The lowest BCUT2D eigenvalue weighted by Crippen LogP contribution is -2.31. The third-order valence-electron chi connectivity index (χ3n) is 5.00. The van der Waals surface area contributed by atoms with E-state index in [4.69, 9.17) is 0 Å². The van der Waals surface area contributed by atoms with Crippen LogP contribution in [0.1, 0.15) is 23.6 Å². The van der Waals surface area contributed by atoms with Gasteiger partial charge in [-0.3, -0.25) is 14.5 Å². The van der Waals surface area contributed by atoms with Gasteiger partial charge in [-0.05, 0) is 48.6 Å². The van der Waals surface area contributed by atoms with Crippen molar-refractivity contribution in [2.45, 2.75) is 31.9 Å². The lowest BCUT2D eigenvalue weighted by Gasteiger charge is -2.19. The minimum Gasteiger partial charge on any atom is -0.354 e. The van der Waals surface area contributed by atoms with E-state index >= 15 is 0 Å². The first kappa shape index (κ1) is 20.7. The van der Waals surface area contributed by atoms with Crippen molar-refractivity contribution in [2.24, 2.45) is 0 Å². The minimum atomic E-state index is -0.491. The van der Waals surface area contributed by atoms with Crippen molar-refractivity contribution in [3.63, 3.8) is 0 Å². The average molecular weight is 406 g/mol. The van der Waals surface area contributed by atoms with E-state index in [2.05, 4.69) is 12.2 Å². The Bertz CT molecular complexity index is 1010. The van der Waals surface area contributed by atoms with Crippen LogP contribution in [-0.2, 0) is 22.4 Å². The van der Waals surface area contributed by atoms with Gasteiger partial charge in [0.15, 0.2) is 0 Å². The number of aryl methyl sites for hydroxylation is 2. The number of nitriles is 1. The fourth-order valence-electron chi connectivity index (χ4n) is 3.27. The molecule has 1 unspecified atom stereocenters. The van der Waals surface area contributed by atoms with Crippen molar-refractivity contribution in [1.82, 2.24) is 5.32 Å².